The summed E-state index contributed by atoms with van der Waals surface area (Å²) in [6.07, 6.45) is 1.29. The van der Waals surface area contributed by atoms with Crippen LogP contribution in [0.2, 0.25) is 0 Å². The van der Waals surface area contributed by atoms with Crippen LogP contribution in [0.5, 0.6) is 11.5 Å². The lowest BCUT2D eigenvalue weighted by atomic mass is 10.2. The SMILES string of the molecule is COc1cccc(CN(C)C(=O)COc2ccc(C3SCCCS3)cc2)c1. The summed E-state index contributed by atoms with van der Waals surface area (Å²) in [6, 6.07) is 15.9. The minimum Gasteiger partial charge on any atom is -0.497 e. The fraction of sp³-hybridized carbons (Fsp3) is 0.381. The Balaban J connectivity index is 1.49. The monoisotopic (exact) mass is 403 g/mol. The summed E-state index contributed by atoms with van der Waals surface area (Å²) in [4.78, 5) is 14.0. The van der Waals surface area contributed by atoms with Crippen LogP contribution in [0.15, 0.2) is 48.5 Å². The highest BCUT2D eigenvalue weighted by atomic mass is 32.2. The first-order valence-corrected chi connectivity index (χ1v) is 11.1. The average molecular weight is 404 g/mol. The molecule has 27 heavy (non-hydrogen) atoms. The van der Waals surface area contributed by atoms with Gasteiger partial charge in [0.05, 0.1) is 11.7 Å². The quantitative estimate of drug-likeness (QED) is 0.675. The molecule has 3 rings (SSSR count). The molecule has 1 fully saturated rings. The van der Waals surface area contributed by atoms with E-state index in [9.17, 15) is 4.79 Å². The lowest BCUT2D eigenvalue weighted by molar-refractivity contribution is -0.132. The zero-order valence-electron chi connectivity index (χ0n) is 15.7. The molecule has 0 N–H and O–H groups in total. The number of hydrogen-bond acceptors (Lipinski definition) is 5. The first-order valence-electron chi connectivity index (χ1n) is 8.98. The topological polar surface area (TPSA) is 38.8 Å². The predicted octanol–water partition coefficient (Wildman–Crippen LogP) is 4.60. The van der Waals surface area contributed by atoms with Crippen LogP contribution < -0.4 is 9.47 Å². The van der Waals surface area contributed by atoms with Crippen LogP contribution in [-0.4, -0.2) is 43.1 Å². The molecule has 0 saturated carbocycles. The highest BCUT2D eigenvalue weighted by Crippen LogP contribution is 2.43. The molecule has 0 unspecified atom stereocenters. The van der Waals surface area contributed by atoms with Gasteiger partial charge in [0, 0.05) is 13.6 Å². The van der Waals surface area contributed by atoms with Crippen molar-refractivity contribution in [1.29, 1.82) is 0 Å². The Morgan fingerprint density at radius 3 is 2.56 bits per heavy atom. The molecule has 6 heteroatoms. The number of rotatable bonds is 7. The summed E-state index contributed by atoms with van der Waals surface area (Å²) in [5, 5.41) is 0. The first-order chi connectivity index (χ1) is 13.2. The van der Waals surface area contributed by atoms with E-state index < -0.39 is 0 Å². The largest absolute Gasteiger partial charge is 0.497 e. The second kappa shape index (κ2) is 9.95. The van der Waals surface area contributed by atoms with Crippen LogP contribution in [0.25, 0.3) is 0 Å². The highest BCUT2D eigenvalue weighted by molar-refractivity contribution is 8.16. The maximum Gasteiger partial charge on any atom is 0.260 e. The van der Waals surface area contributed by atoms with Gasteiger partial charge in [0.2, 0.25) is 0 Å². The predicted molar refractivity (Wildman–Crippen MR) is 114 cm³/mol. The van der Waals surface area contributed by atoms with Crippen molar-refractivity contribution in [3.8, 4) is 11.5 Å². The van der Waals surface area contributed by atoms with Crippen molar-refractivity contribution in [3.63, 3.8) is 0 Å². The maximum absolute atomic E-state index is 12.4. The summed E-state index contributed by atoms with van der Waals surface area (Å²) >= 11 is 4.00. The Bertz CT molecular complexity index is 745. The Hall–Kier alpha value is -1.79. The van der Waals surface area contributed by atoms with Gasteiger partial charge in [0.25, 0.3) is 5.91 Å². The molecule has 0 atom stereocenters. The number of amides is 1. The Labute approximate surface area is 169 Å². The van der Waals surface area contributed by atoms with Crippen LogP contribution in [0.1, 0.15) is 22.1 Å². The molecule has 1 heterocycles. The highest BCUT2D eigenvalue weighted by Gasteiger charge is 2.16. The van der Waals surface area contributed by atoms with E-state index in [0.717, 1.165) is 17.1 Å². The van der Waals surface area contributed by atoms with Crippen molar-refractivity contribution in [2.24, 2.45) is 0 Å². The Morgan fingerprint density at radius 2 is 1.85 bits per heavy atom. The molecule has 0 spiro atoms. The minimum absolute atomic E-state index is 0.0345. The minimum atomic E-state index is -0.0553. The van der Waals surface area contributed by atoms with Crippen molar-refractivity contribution in [1.82, 2.24) is 4.90 Å². The van der Waals surface area contributed by atoms with Gasteiger partial charge in [-0.25, -0.2) is 0 Å². The van der Waals surface area contributed by atoms with E-state index in [1.54, 1.807) is 19.1 Å². The second-order valence-electron chi connectivity index (χ2n) is 6.39. The number of methoxy groups -OCH3 is 1. The van der Waals surface area contributed by atoms with Crippen molar-refractivity contribution in [2.75, 3.05) is 32.3 Å². The van der Waals surface area contributed by atoms with Crippen LogP contribution in [0.3, 0.4) is 0 Å². The molecule has 1 aliphatic heterocycles. The number of ether oxygens (including phenoxy) is 2. The first kappa shape index (κ1) is 20.0. The van der Waals surface area contributed by atoms with Crippen LogP contribution in [-0.2, 0) is 11.3 Å². The van der Waals surface area contributed by atoms with E-state index in [1.807, 2.05) is 59.9 Å². The van der Waals surface area contributed by atoms with E-state index >= 15 is 0 Å². The summed E-state index contributed by atoms with van der Waals surface area (Å²) in [5.74, 6) is 3.92. The zero-order chi connectivity index (χ0) is 19.1. The zero-order valence-corrected chi connectivity index (χ0v) is 17.4. The maximum atomic E-state index is 12.4. The summed E-state index contributed by atoms with van der Waals surface area (Å²) < 4.78 is 11.4. The molecular weight excluding hydrogens is 378 g/mol. The van der Waals surface area contributed by atoms with Crippen molar-refractivity contribution >= 4 is 29.4 Å². The summed E-state index contributed by atoms with van der Waals surface area (Å²) in [6.45, 7) is 0.557. The standard InChI is InChI=1S/C21H25NO3S2/c1-22(14-16-5-3-6-19(13-16)24-2)20(23)15-25-18-9-7-17(8-10-18)21-26-11-4-12-27-21/h3,5-10,13,21H,4,11-12,14-15H2,1-2H3. The number of likely N-dealkylation sites (N-methyl/N-ethyl adjacent to an activating group) is 1. The lowest BCUT2D eigenvalue weighted by Gasteiger charge is -2.21. The molecule has 1 saturated heterocycles. The molecule has 0 bridgehead atoms. The fourth-order valence-corrected chi connectivity index (χ4v) is 5.68. The molecule has 1 aliphatic rings. The van der Waals surface area contributed by atoms with E-state index in [1.165, 1.54) is 23.5 Å². The van der Waals surface area contributed by atoms with E-state index in [-0.39, 0.29) is 12.5 Å². The van der Waals surface area contributed by atoms with Gasteiger partial charge < -0.3 is 14.4 Å². The third kappa shape index (κ3) is 5.84. The molecule has 0 aromatic heterocycles. The van der Waals surface area contributed by atoms with Gasteiger partial charge in [0.15, 0.2) is 6.61 Å². The number of hydrogen-bond donors (Lipinski definition) is 0. The molecule has 144 valence electrons. The third-order valence-electron chi connectivity index (χ3n) is 4.32. The van der Waals surface area contributed by atoms with Gasteiger partial charge in [-0.3, -0.25) is 4.79 Å². The van der Waals surface area contributed by atoms with Gasteiger partial charge in [0.1, 0.15) is 11.5 Å². The van der Waals surface area contributed by atoms with Gasteiger partial charge in [-0.2, -0.15) is 0 Å². The average Bonchev–Trinajstić information content (AvgIpc) is 2.73. The Kier molecular flexibility index (Phi) is 7.35. The second-order valence-corrected chi connectivity index (χ2v) is 9.11. The van der Waals surface area contributed by atoms with E-state index in [0.29, 0.717) is 11.1 Å². The number of carbonyl (C=O) groups excluding carboxylic acids is 1. The van der Waals surface area contributed by atoms with Crippen molar-refractivity contribution in [3.05, 3.63) is 59.7 Å². The smallest absolute Gasteiger partial charge is 0.260 e. The molecule has 2 aromatic carbocycles. The van der Waals surface area contributed by atoms with Gasteiger partial charge in [-0.05, 0) is 53.3 Å². The molecule has 2 aromatic rings. The summed E-state index contributed by atoms with van der Waals surface area (Å²) in [7, 11) is 3.42. The van der Waals surface area contributed by atoms with Gasteiger partial charge in [-0.15, -0.1) is 23.5 Å². The molecule has 4 nitrogen and oxygen atoms in total. The normalized spacial score (nSPS) is 14.6. The molecule has 0 radical (unpaired) electrons. The number of carbonyl (C=O) groups is 1. The van der Waals surface area contributed by atoms with Crippen LogP contribution in [0, 0.1) is 0 Å². The van der Waals surface area contributed by atoms with Crippen molar-refractivity contribution in [2.45, 2.75) is 17.5 Å². The molecule has 0 aliphatic carbocycles. The molecular formula is C21H25NO3S2. The van der Waals surface area contributed by atoms with Gasteiger partial charge in [-0.1, -0.05) is 24.3 Å². The van der Waals surface area contributed by atoms with E-state index in [2.05, 4.69) is 12.1 Å². The summed E-state index contributed by atoms with van der Waals surface area (Å²) in [5.41, 5.74) is 2.34. The molecule has 1 amide bonds. The lowest BCUT2D eigenvalue weighted by Crippen LogP contribution is -2.30. The number of thioether (sulfide) groups is 2. The van der Waals surface area contributed by atoms with Crippen LogP contribution in [0.4, 0.5) is 0 Å². The van der Waals surface area contributed by atoms with Crippen LogP contribution >= 0.6 is 23.5 Å². The van der Waals surface area contributed by atoms with Gasteiger partial charge >= 0.3 is 0 Å². The third-order valence-corrected chi connectivity index (χ3v) is 7.34. The van der Waals surface area contributed by atoms with Crippen molar-refractivity contribution < 1.29 is 14.3 Å². The fourth-order valence-electron chi connectivity index (χ4n) is 2.79. The Morgan fingerprint density at radius 1 is 1.11 bits per heavy atom. The number of benzene rings is 2. The van der Waals surface area contributed by atoms with E-state index in [4.69, 9.17) is 9.47 Å². The number of nitrogens with zero attached hydrogens (tertiary/aromatic N) is 1.